The van der Waals surface area contributed by atoms with Crippen molar-refractivity contribution in [3.05, 3.63) is 0 Å². The Morgan fingerprint density at radius 2 is 1.75 bits per heavy atom. The van der Waals surface area contributed by atoms with Crippen LogP contribution in [0.15, 0.2) is 0 Å². The fourth-order valence-corrected chi connectivity index (χ4v) is 2.23. The predicted octanol–water partition coefficient (Wildman–Crippen LogP) is 1.47. The van der Waals surface area contributed by atoms with Gasteiger partial charge in [-0.2, -0.15) is 4.90 Å². The van der Waals surface area contributed by atoms with Gasteiger partial charge < -0.3 is 10.1 Å². The Morgan fingerprint density at radius 3 is 2.50 bits per heavy atom. The van der Waals surface area contributed by atoms with Crippen molar-refractivity contribution >= 4 is 0 Å². The van der Waals surface area contributed by atoms with E-state index in [2.05, 4.69) is 10.2 Å². The van der Waals surface area contributed by atoms with E-state index in [0.717, 1.165) is 32.3 Å². The van der Waals surface area contributed by atoms with Gasteiger partial charge in [0.1, 0.15) is 32.8 Å². The molecule has 0 spiro atoms. The highest BCUT2D eigenvalue weighted by molar-refractivity contribution is 4.80. The second kappa shape index (κ2) is 7.25. The minimum absolute atomic E-state index is 0.883. The van der Waals surface area contributed by atoms with Gasteiger partial charge in [-0.15, -0.1) is 0 Å². The minimum atomic E-state index is 0.883. The summed E-state index contributed by atoms with van der Waals surface area (Å²) in [5, 5.41) is 3.57. The molecule has 1 aliphatic heterocycles. The van der Waals surface area contributed by atoms with Crippen LogP contribution in [0.4, 0.5) is 0 Å². The molecule has 0 aromatic heterocycles. The SMILES string of the molecule is C(CCC[N+]1CCOCC1)CCNC1CC1. The molecule has 1 aliphatic carbocycles. The van der Waals surface area contributed by atoms with Gasteiger partial charge >= 0.3 is 0 Å². The molecule has 0 bridgehead atoms. The van der Waals surface area contributed by atoms with Crippen LogP contribution in [0.1, 0.15) is 38.5 Å². The fraction of sp³-hybridized carbons (Fsp3) is 1.00. The third-order valence-corrected chi connectivity index (χ3v) is 3.52. The first-order chi connectivity index (χ1) is 7.95. The number of ether oxygens (including phenoxy) is 1. The molecule has 2 aliphatic rings. The van der Waals surface area contributed by atoms with Gasteiger partial charge in [-0.25, -0.2) is 0 Å². The van der Waals surface area contributed by atoms with Crippen molar-refractivity contribution < 1.29 is 4.74 Å². The lowest BCUT2D eigenvalue weighted by Crippen LogP contribution is -2.41. The van der Waals surface area contributed by atoms with Crippen LogP contribution in [0.25, 0.3) is 0 Å². The average Bonchev–Trinajstić information content (AvgIpc) is 3.13. The van der Waals surface area contributed by atoms with Gasteiger partial charge in [0.05, 0.1) is 0 Å². The first kappa shape index (κ1) is 12.3. The molecule has 2 fully saturated rings. The summed E-state index contributed by atoms with van der Waals surface area (Å²) in [4.78, 5) is 2.53. The molecular formula is C13H26N2O+. The quantitative estimate of drug-likeness (QED) is 0.501. The number of nitrogens with zero attached hydrogens (tertiary/aromatic N) is 1. The van der Waals surface area contributed by atoms with E-state index >= 15 is 0 Å². The van der Waals surface area contributed by atoms with Crippen LogP contribution in [0.3, 0.4) is 0 Å². The van der Waals surface area contributed by atoms with Crippen molar-refractivity contribution in [3.8, 4) is 0 Å². The van der Waals surface area contributed by atoms with Crippen LogP contribution < -0.4 is 10.2 Å². The van der Waals surface area contributed by atoms with Gasteiger partial charge in [0.15, 0.2) is 0 Å². The van der Waals surface area contributed by atoms with Gasteiger partial charge in [0.2, 0.25) is 0 Å². The minimum Gasteiger partial charge on any atom is -0.369 e. The maximum Gasteiger partial charge on any atom is 0.146 e. The molecule has 2 rings (SSSR count). The highest BCUT2D eigenvalue weighted by Crippen LogP contribution is 2.18. The predicted molar refractivity (Wildman–Crippen MR) is 67.0 cm³/mol. The van der Waals surface area contributed by atoms with E-state index in [1.54, 1.807) is 0 Å². The first-order valence-electron chi connectivity index (χ1n) is 6.98. The van der Waals surface area contributed by atoms with Crippen LogP contribution in [0.2, 0.25) is 0 Å². The molecule has 0 aromatic carbocycles. The summed E-state index contributed by atoms with van der Waals surface area (Å²) in [5.74, 6) is 0. The summed E-state index contributed by atoms with van der Waals surface area (Å²) in [6.07, 6.45) is 8.34. The molecule has 3 heteroatoms. The summed E-state index contributed by atoms with van der Waals surface area (Å²) < 4.78 is 5.34. The first-order valence-corrected chi connectivity index (χ1v) is 6.98. The molecule has 0 unspecified atom stereocenters. The van der Waals surface area contributed by atoms with Gasteiger partial charge in [0, 0.05) is 12.5 Å². The van der Waals surface area contributed by atoms with Gasteiger partial charge in [-0.1, -0.05) is 6.42 Å². The molecule has 0 amide bonds. The Hall–Kier alpha value is -0.120. The van der Waals surface area contributed by atoms with Crippen LogP contribution in [0.5, 0.6) is 0 Å². The highest BCUT2D eigenvalue weighted by Gasteiger charge is 2.19. The number of unbranched alkanes of at least 4 members (excludes halogenated alkanes) is 3. The van der Waals surface area contributed by atoms with Crippen molar-refractivity contribution in [2.75, 3.05) is 39.4 Å². The maximum atomic E-state index is 5.34. The molecule has 0 atom stereocenters. The lowest BCUT2D eigenvalue weighted by molar-refractivity contribution is 0.0747. The monoisotopic (exact) mass is 226 g/mol. The van der Waals surface area contributed by atoms with E-state index in [4.69, 9.17) is 4.74 Å². The van der Waals surface area contributed by atoms with Crippen molar-refractivity contribution in [1.29, 1.82) is 0 Å². The third kappa shape index (κ3) is 5.28. The summed E-state index contributed by atoms with van der Waals surface area (Å²) in [7, 11) is 0. The number of rotatable bonds is 8. The summed E-state index contributed by atoms with van der Waals surface area (Å²) in [6, 6.07) is 0.883. The Morgan fingerprint density at radius 1 is 1.00 bits per heavy atom. The van der Waals surface area contributed by atoms with E-state index in [9.17, 15) is 0 Å². The van der Waals surface area contributed by atoms with Gasteiger partial charge in [-0.3, -0.25) is 0 Å². The summed E-state index contributed by atoms with van der Waals surface area (Å²) in [5.41, 5.74) is 0. The Balaban J connectivity index is 1.33. The Labute approximate surface area is 99.5 Å². The lowest BCUT2D eigenvalue weighted by atomic mass is 10.2. The largest absolute Gasteiger partial charge is 0.369 e. The lowest BCUT2D eigenvalue weighted by Gasteiger charge is -2.17. The molecule has 0 aromatic rings. The van der Waals surface area contributed by atoms with Crippen LogP contribution in [-0.2, 0) is 4.74 Å². The third-order valence-electron chi connectivity index (χ3n) is 3.52. The van der Waals surface area contributed by atoms with Crippen molar-refractivity contribution in [3.63, 3.8) is 0 Å². The second-order valence-electron chi connectivity index (χ2n) is 5.10. The number of hydrogen-bond acceptors (Lipinski definition) is 3. The Kier molecular flexibility index (Phi) is 5.59. The number of morpholine rings is 1. The second-order valence-corrected chi connectivity index (χ2v) is 5.10. The smallest absolute Gasteiger partial charge is 0.146 e. The van der Waals surface area contributed by atoms with Gasteiger partial charge in [0.25, 0.3) is 0 Å². The fourth-order valence-electron chi connectivity index (χ4n) is 2.23. The molecule has 1 N–H and O–H groups in total. The highest BCUT2D eigenvalue weighted by atomic mass is 16.5. The average molecular weight is 226 g/mol. The maximum absolute atomic E-state index is 5.34. The normalized spacial score (nSPS) is 22.5. The Bertz CT molecular complexity index is 177. The summed E-state index contributed by atoms with van der Waals surface area (Å²) in [6.45, 7) is 6.67. The molecule has 1 radical (unpaired) electrons. The zero-order chi connectivity index (χ0) is 11.1. The standard InChI is InChI=1S/C13H26N2O/c1(3-7-14-13-5-6-13)2-4-8-15-9-11-16-12-10-15/h13-14H,1-12H2/q+1. The number of nitrogens with one attached hydrogen (secondary N) is 1. The molecule has 1 saturated heterocycles. The topological polar surface area (TPSA) is 27.2 Å². The van der Waals surface area contributed by atoms with E-state index in [-0.39, 0.29) is 0 Å². The summed E-state index contributed by atoms with van der Waals surface area (Å²) >= 11 is 0. The molecule has 1 saturated carbocycles. The van der Waals surface area contributed by atoms with E-state index in [1.807, 2.05) is 0 Å². The van der Waals surface area contributed by atoms with Crippen LogP contribution in [-0.4, -0.2) is 45.4 Å². The van der Waals surface area contributed by atoms with Crippen LogP contribution in [0, 0.1) is 0 Å². The van der Waals surface area contributed by atoms with Gasteiger partial charge in [-0.05, 0) is 32.2 Å². The zero-order valence-corrected chi connectivity index (χ0v) is 10.4. The number of hydrogen-bond donors (Lipinski definition) is 1. The van der Waals surface area contributed by atoms with Crippen molar-refractivity contribution in [2.24, 2.45) is 0 Å². The zero-order valence-electron chi connectivity index (χ0n) is 10.4. The molecule has 1 heterocycles. The van der Waals surface area contributed by atoms with Crippen molar-refractivity contribution in [2.45, 2.75) is 44.6 Å². The van der Waals surface area contributed by atoms with E-state index in [1.165, 1.54) is 51.6 Å². The molecule has 3 nitrogen and oxygen atoms in total. The van der Waals surface area contributed by atoms with Crippen molar-refractivity contribution in [1.82, 2.24) is 10.2 Å². The molecular weight excluding hydrogens is 200 g/mol. The van der Waals surface area contributed by atoms with E-state index < -0.39 is 0 Å². The molecule has 93 valence electrons. The molecule has 16 heavy (non-hydrogen) atoms. The van der Waals surface area contributed by atoms with Crippen LogP contribution >= 0.6 is 0 Å². The van der Waals surface area contributed by atoms with E-state index in [0.29, 0.717) is 0 Å².